The van der Waals surface area contributed by atoms with Gasteiger partial charge in [-0.25, -0.2) is 14.5 Å². The van der Waals surface area contributed by atoms with Crippen molar-refractivity contribution < 1.29 is 9.18 Å². The van der Waals surface area contributed by atoms with Gasteiger partial charge in [0.1, 0.15) is 17.2 Å². The van der Waals surface area contributed by atoms with Crippen LogP contribution in [0.25, 0.3) is 16.4 Å². The van der Waals surface area contributed by atoms with Gasteiger partial charge in [0.15, 0.2) is 0 Å². The Morgan fingerprint density at radius 3 is 2.76 bits per heavy atom. The zero-order valence-corrected chi connectivity index (χ0v) is 18.7. The molecule has 33 heavy (non-hydrogen) atoms. The molecular formula is C25H26FN5O2. The van der Waals surface area contributed by atoms with Gasteiger partial charge < -0.3 is 5.32 Å². The van der Waals surface area contributed by atoms with Gasteiger partial charge in [0.05, 0.1) is 23.0 Å². The maximum absolute atomic E-state index is 14.0. The molecule has 7 nitrogen and oxygen atoms in total. The van der Waals surface area contributed by atoms with Gasteiger partial charge in [-0.05, 0) is 56.2 Å². The summed E-state index contributed by atoms with van der Waals surface area (Å²) in [5.41, 5.74) is 2.11. The van der Waals surface area contributed by atoms with Gasteiger partial charge in [-0.3, -0.25) is 14.0 Å². The zero-order valence-electron chi connectivity index (χ0n) is 18.7. The van der Waals surface area contributed by atoms with E-state index >= 15 is 0 Å². The molecule has 0 bridgehead atoms. The molecule has 5 rings (SSSR count). The number of hydrogen-bond acceptors (Lipinski definition) is 4. The van der Waals surface area contributed by atoms with Gasteiger partial charge in [-0.2, -0.15) is 5.10 Å². The lowest BCUT2D eigenvalue weighted by Gasteiger charge is -2.48. The second-order valence-electron chi connectivity index (χ2n) is 9.08. The van der Waals surface area contributed by atoms with Crippen LogP contribution in [0, 0.1) is 18.2 Å². The Hall–Kier alpha value is -3.55. The van der Waals surface area contributed by atoms with E-state index in [9.17, 15) is 14.0 Å². The van der Waals surface area contributed by atoms with Crippen LogP contribution in [0.3, 0.4) is 0 Å². The first-order chi connectivity index (χ1) is 15.9. The predicted octanol–water partition coefficient (Wildman–Crippen LogP) is 3.94. The SMILES string of the molecule is CC[C@]1(CCc2n[nH]c(=O)c3ccccc23)C[C@H](NC(=O)c2cnc3ccc(F)c(C)n23)C1. The molecule has 8 heteroatoms. The third kappa shape index (κ3) is 3.69. The molecule has 170 valence electrons. The summed E-state index contributed by atoms with van der Waals surface area (Å²) in [4.78, 5) is 29.2. The zero-order chi connectivity index (χ0) is 23.2. The molecule has 1 aliphatic rings. The highest BCUT2D eigenvalue weighted by molar-refractivity contribution is 5.93. The van der Waals surface area contributed by atoms with Gasteiger partial charge in [0.2, 0.25) is 0 Å². The molecule has 0 atom stereocenters. The number of carbonyl (C=O) groups excluding carboxylic acids is 1. The second kappa shape index (κ2) is 8.10. The Bertz CT molecular complexity index is 1420. The summed E-state index contributed by atoms with van der Waals surface area (Å²) in [5.74, 6) is -0.606. The number of fused-ring (bicyclic) bond motifs is 2. The van der Waals surface area contributed by atoms with Crippen LogP contribution >= 0.6 is 0 Å². The Kier molecular flexibility index (Phi) is 5.23. The van der Waals surface area contributed by atoms with Crippen LogP contribution < -0.4 is 10.9 Å². The molecule has 4 aromatic rings. The number of rotatable bonds is 6. The topological polar surface area (TPSA) is 92.1 Å². The number of nitrogens with zero attached hydrogens (tertiary/aromatic N) is 3. The monoisotopic (exact) mass is 447 g/mol. The Morgan fingerprint density at radius 1 is 1.24 bits per heavy atom. The predicted molar refractivity (Wildman–Crippen MR) is 124 cm³/mol. The highest BCUT2D eigenvalue weighted by Gasteiger charge is 2.43. The number of halogens is 1. The van der Waals surface area contributed by atoms with Crippen molar-refractivity contribution in [3.8, 4) is 0 Å². The normalized spacial score (nSPS) is 20.2. The summed E-state index contributed by atoms with van der Waals surface area (Å²) >= 11 is 0. The van der Waals surface area contributed by atoms with E-state index in [1.54, 1.807) is 17.4 Å². The standard InChI is InChI=1S/C25H26FN5O2/c1-3-25(11-10-20-17-6-4-5-7-18(17)23(32)30-29-20)12-16(13-25)28-24(33)21-14-27-22-9-8-19(26)15(2)31(21)22/h4-9,14,16H,3,10-13H2,1-2H3,(H,28,33)(H,30,32)/t16-,25-. The number of carbonyl (C=O) groups is 1. The lowest BCUT2D eigenvalue weighted by molar-refractivity contribution is 0.0568. The Balaban J connectivity index is 1.26. The Labute approximate surface area is 190 Å². The van der Waals surface area contributed by atoms with Crippen molar-refractivity contribution >= 4 is 22.3 Å². The molecule has 0 radical (unpaired) electrons. The number of pyridine rings is 1. The van der Waals surface area contributed by atoms with E-state index in [-0.39, 0.29) is 28.7 Å². The summed E-state index contributed by atoms with van der Waals surface area (Å²) in [5, 5.41) is 11.6. The number of H-pyrrole nitrogens is 1. The maximum Gasteiger partial charge on any atom is 0.272 e. The van der Waals surface area contributed by atoms with Crippen molar-refractivity contribution in [2.24, 2.45) is 5.41 Å². The maximum atomic E-state index is 14.0. The molecule has 3 aromatic heterocycles. The second-order valence-corrected chi connectivity index (χ2v) is 9.08. The highest BCUT2D eigenvalue weighted by Crippen LogP contribution is 2.47. The average molecular weight is 448 g/mol. The van der Waals surface area contributed by atoms with Crippen LogP contribution in [0.2, 0.25) is 0 Å². The smallest absolute Gasteiger partial charge is 0.272 e. The van der Waals surface area contributed by atoms with Crippen molar-refractivity contribution in [1.29, 1.82) is 0 Å². The number of hydrogen-bond donors (Lipinski definition) is 2. The highest BCUT2D eigenvalue weighted by atomic mass is 19.1. The number of aromatic amines is 1. The van der Waals surface area contributed by atoms with Gasteiger partial charge in [0, 0.05) is 11.4 Å². The molecule has 1 saturated carbocycles. The van der Waals surface area contributed by atoms with E-state index in [4.69, 9.17) is 0 Å². The van der Waals surface area contributed by atoms with Crippen LogP contribution in [-0.2, 0) is 6.42 Å². The number of nitrogens with one attached hydrogen (secondary N) is 2. The van der Waals surface area contributed by atoms with Crippen molar-refractivity contribution in [2.45, 2.75) is 52.0 Å². The number of aryl methyl sites for hydroxylation is 2. The molecule has 0 spiro atoms. The fourth-order valence-electron chi connectivity index (χ4n) is 5.13. The first-order valence-electron chi connectivity index (χ1n) is 11.3. The lowest BCUT2D eigenvalue weighted by atomic mass is 9.61. The van der Waals surface area contributed by atoms with E-state index in [2.05, 4.69) is 27.4 Å². The van der Waals surface area contributed by atoms with E-state index in [0.717, 1.165) is 43.2 Å². The van der Waals surface area contributed by atoms with Gasteiger partial charge >= 0.3 is 0 Å². The van der Waals surface area contributed by atoms with Crippen LogP contribution in [-0.4, -0.2) is 31.5 Å². The van der Waals surface area contributed by atoms with Crippen LogP contribution in [0.5, 0.6) is 0 Å². The molecule has 3 heterocycles. The number of amides is 1. The largest absolute Gasteiger partial charge is 0.348 e. The third-order valence-electron chi connectivity index (χ3n) is 7.19. The third-order valence-corrected chi connectivity index (χ3v) is 7.19. The van der Waals surface area contributed by atoms with E-state index in [1.165, 1.54) is 12.3 Å². The minimum atomic E-state index is -0.369. The molecule has 1 amide bonds. The minimum absolute atomic E-state index is 0.0668. The van der Waals surface area contributed by atoms with Gasteiger partial charge in [-0.15, -0.1) is 0 Å². The molecule has 0 saturated heterocycles. The van der Waals surface area contributed by atoms with Crippen LogP contribution in [0.15, 0.2) is 47.4 Å². The first kappa shape index (κ1) is 21.3. The minimum Gasteiger partial charge on any atom is -0.348 e. The molecule has 1 aliphatic carbocycles. The average Bonchev–Trinajstić information content (AvgIpc) is 3.24. The van der Waals surface area contributed by atoms with Crippen molar-refractivity contribution in [3.05, 3.63) is 75.8 Å². The fraction of sp³-hybridized carbons (Fsp3) is 0.360. The summed E-state index contributed by atoms with van der Waals surface area (Å²) in [6.07, 6.45) is 5.94. The quantitative estimate of drug-likeness (QED) is 0.468. The number of aromatic nitrogens is 4. The lowest BCUT2D eigenvalue weighted by Crippen LogP contribution is -2.51. The number of imidazole rings is 1. The van der Waals surface area contributed by atoms with Crippen molar-refractivity contribution in [3.63, 3.8) is 0 Å². The molecule has 2 N–H and O–H groups in total. The van der Waals surface area contributed by atoms with Crippen molar-refractivity contribution in [1.82, 2.24) is 24.9 Å². The first-order valence-corrected chi connectivity index (χ1v) is 11.3. The van der Waals surface area contributed by atoms with E-state index < -0.39 is 0 Å². The molecule has 1 fully saturated rings. The fourth-order valence-corrected chi connectivity index (χ4v) is 5.13. The van der Waals surface area contributed by atoms with E-state index in [0.29, 0.717) is 22.4 Å². The summed E-state index contributed by atoms with van der Waals surface area (Å²) in [7, 11) is 0. The number of benzene rings is 1. The molecule has 1 aromatic carbocycles. The van der Waals surface area contributed by atoms with Gasteiger partial charge in [-0.1, -0.05) is 31.5 Å². The summed E-state index contributed by atoms with van der Waals surface area (Å²) < 4.78 is 15.6. The molecule has 0 aliphatic heterocycles. The molecular weight excluding hydrogens is 421 g/mol. The van der Waals surface area contributed by atoms with Crippen LogP contribution in [0.1, 0.15) is 54.5 Å². The van der Waals surface area contributed by atoms with Crippen molar-refractivity contribution in [2.75, 3.05) is 0 Å². The van der Waals surface area contributed by atoms with Crippen LogP contribution in [0.4, 0.5) is 4.39 Å². The Morgan fingerprint density at radius 2 is 2.00 bits per heavy atom. The summed E-state index contributed by atoms with van der Waals surface area (Å²) in [6.45, 7) is 3.81. The summed E-state index contributed by atoms with van der Waals surface area (Å²) in [6, 6.07) is 10.5. The van der Waals surface area contributed by atoms with E-state index in [1.807, 2.05) is 24.3 Å². The molecule has 0 unspecified atom stereocenters. The van der Waals surface area contributed by atoms with Gasteiger partial charge in [0.25, 0.3) is 11.5 Å².